The molecule has 1 fully saturated rings. The van der Waals surface area contributed by atoms with Crippen LogP contribution in [0.2, 0.25) is 0 Å². The second-order valence-corrected chi connectivity index (χ2v) is 7.63. The first-order chi connectivity index (χ1) is 11.1. The summed E-state index contributed by atoms with van der Waals surface area (Å²) in [7, 11) is 0. The van der Waals surface area contributed by atoms with Crippen molar-refractivity contribution in [2.45, 2.75) is 57.9 Å². The summed E-state index contributed by atoms with van der Waals surface area (Å²) >= 11 is 0. The molecular formula is C21H31N2+. The Morgan fingerprint density at radius 3 is 2.48 bits per heavy atom. The molecule has 124 valence electrons. The third-order valence-electron chi connectivity index (χ3n) is 5.31. The minimum atomic E-state index is 0.234. The second-order valence-electron chi connectivity index (χ2n) is 7.63. The lowest BCUT2D eigenvalue weighted by molar-refractivity contribution is -0.598. The fourth-order valence-corrected chi connectivity index (χ4v) is 3.86. The van der Waals surface area contributed by atoms with Crippen molar-refractivity contribution in [1.29, 1.82) is 0 Å². The highest BCUT2D eigenvalue weighted by Crippen LogP contribution is 2.27. The average Bonchev–Trinajstić information content (AvgIpc) is 2.57. The van der Waals surface area contributed by atoms with Gasteiger partial charge >= 0.3 is 0 Å². The molecule has 1 aromatic rings. The summed E-state index contributed by atoms with van der Waals surface area (Å²) in [4.78, 5) is 2.61. The molecule has 23 heavy (non-hydrogen) atoms. The van der Waals surface area contributed by atoms with Crippen LogP contribution in [0.3, 0.4) is 0 Å². The van der Waals surface area contributed by atoms with Gasteiger partial charge in [-0.05, 0) is 31.2 Å². The molecule has 0 atom stereocenters. The van der Waals surface area contributed by atoms with Crippen LogP contribution in [-0.4, -0.2) is 40.9 Å². The fraction of sp³-hybridized carbons (Fsp3) is 0.571. The van der Waals surface area contributed by atoms with Crippen molar-refractivity contribution in [3.8, 4) is 0 Å². The number of piperidine rings is 1. The lowest BCUT2D eigenvalue weighted by Crippen LogP contribution is -2.43. The van der Waals surface area contributed by atoms with Gasteiger partial charge < -0.3 is 4.90 Å². The Labute approximate surface area is 141 Å². The average molecular weight is 311 g/mol. The van der Waals surface area contributed by atoms with Gasteiger partial charge in [0.05, 0.1) is 6.42 Å². The molecule has 0 bridgehead atoms. The Kier molecular flexibility index (Phi) is 5.20. The van der Waals surface area contributed by atoms with Crippen LogP contribution in [0.4, 0.5) is 0 Å². The van der Waals surface area contributed by atoms with Crippen molar-refractivity contribution in [1.82, 2.24) is 4.90 Å². The lowest BCUT2D eigenvalue weighted by Gasteiger charge is -2.36. The molecule has 0 radical (unpaired) electrons. The minimum absolute atomic E-state index is 0.234. The van der Waals surface area contributed by atoms with E-state index >= 15 is 0 Å². The second kappa shape index (κ2) is 7.33. The van der Waals surface area contributed by atoms with Gasteiger partial charge in [0.1, 0.15) is 6.54 Å². The zero-order valence-electron chi connectivity index (χ0n) is 14.8. The first kappa shape index (κ1) is 16.3. The number of allylic oxidation sites excluding steroid dienone is 1. The fourth-order valence-electron chi connectivity index (χ4n) is 3.86. The topological polar surface area (TPSA) is 6.25 Å². The molecular weight excluding hydrogens is 280 g/mol. The molecule has 0 aliphatic carbocycles. The van der Waals surface area contributed by atoms with Crippen LogP contribution in [0.5, 0.6) is 0 Å². The Balaban J connectivity index is 1.59. The van der Waals surface area contributed by atoms with Crippen LogP contribution in [0.15, 0.2) is 42.1 Å². The van der Waals surface area contributed by atoms with E-state index in [1.54, 1.807) is 5.70 Å². The molecule has 2 nitrogen and oxygen atoms in total. The molecule has 2 aliphatic heterocycles. The van der Waals surface area contributed by atoms with Gasteiger partial charge in [0.25, 0.3) is 0 Å². The molecule has 0 saturated carbocycles. The van der Waals surface area contributed by atoms with Crippen LogP contribution in [0.25, 0.3) is 0 Å². The van der Waals surface area contributed by atoms with Crippen LogP contribution < -0.4 is 0 Å². The van der Waals surface area contributed by atoms with Crippen LogP contribution in [-0.2, 0) is 6.42 Å². The van der Waals surface area contributed by atoms with Crippen LogP contribution in [0.1, 0.15) is 51.5 Å². The lowest BCUT2D eigenvalue weighted by atomic mass is 9.93. The van der Waals surface area contributed by atoms with Crippen molar-refractivity contribution in [2.24, 2.45) is 0 Å². The Bertz CT molecular complexity index is 563. The highest BCUT2D eigenvalue weighted by molar-refractivity contribution is 5.68. The predicted molar refractivity (Wildman–Crippen MR) is 98.2 cm³/mol. The van der Waals surface area contributed by atoms with Gasteiger partial charge in [-0.15, -0.1) is 0 Å². The largest absolute Gasteiger partial charge is 0.374 e. The van der Waals surface area contributed by atoms with E-state index < -0.39 is 0 Å². The summed E-state index contributed by atoms with van der Waals surface area (Å²) < 4.78 is 2.55. The monoisotopic (exact) mass is 311 g/mol. The molecule has 2 heterocycles. The van der Waals surface area contributed by atoms with Gasteiger partial charge in [0.15, 0.2) is 11.8 Å². The highest BCUT2D eigenvalue weighted by Gasteiger charge is 2.35. The van der Waals surface area contributed by atoms with Gasteiger partial charge in [-0.3, -0.25) is 0 Å². The van der Waals surface area contributed by atoms with Gasteiger partial charge in [-0.25, -0.2) is 4.58 Å². The van der Waals surface area contributed by atoms with Crippen molar-refractivity contribution < 1.29 is 4.58 Å². The van der Waals surface area contributed by atoms with Crippen molar-refractivity contribution >= 4 is 6.21 Å². The number of nitrogens with zero attached hydrogens (tertiary/aromatic N) is 2. The molecule has 0 amide bonds. The summed E-state index contributed by atoms with van der Waals surface area (Å²) in [5, 5.41) is 0. The predicted octanol–water partition coefficient (Wildman–Crippen LogP) is 4.25. The van der Waals surface area contributed by atoms with Crippen molar-refractivity contribution in [3.05, 3.63) is 47.7 Å². The molecule has 0 unspecified atom stereocenters. The number of hydrogen-bond acceptors (Lipinski definition) is 1. The number of rotatable bonds is 5. The smallest absolute Gasteiger partial charge is 0.165 e. The molecule has 1 saturated heterocycles. The van der Waals surface area contributed by atoms with Gasteiger partial charge in [-0.1, -0.05) is 30.3 Å². The van der Waals surface area contributed by atoms with Gasteiger partial charge in [0, 0.05) is 45.1 Å². The van der Waals surface area contributed by atoms with Crippen LogP contribution in [0, 0.1) is 0 Å². The highest BCUT2D eigenvalue weighted by atomic mass is 15.2. The summed E-state index contributed by atoms with van der Waals surface area (Å²) in [6.07, 6.45) is 12.4. The van der Waals surface area contributed by atoms with E-state index in [1.165, 1.54) is 57.2 Å². The molecule has 3 rings (SSSR count). The zero-order chi connectivity index (χ0) is 16.1. The summed E-state index contributed by atoms with van der Waals surface area (Å²) in [6.45, 7) is 8.44. The number of hydrogen-bond donors (Lipinski definition) is 0. The third-order valence-corrected chi connectivity index (χ3v) is 5.31. The van der Waals surface area contributed by atoms with E-state index in [-0.39, 0.29) is 5.54 Å². The zero-order valence-corrected chi connectivity index (χ0v) is 14.8. The molecule has 2 heteroatoms. The summed E-state index contributed by atoms with van der Waals surface area (Å²) in [5.74, 6) is 0. The number of aryl methyl sites for hydroxylation is 1. The quantitative estimate of drug-likeness (QED) is 0.737. The number of likely N-dealkylation sites (tertiary alicyclic amines) is 1. The molecule has 1 aromatic carbocycles. The number of benzene rings is 1. The summed E-state index contributed by atoms with van der Waals surface area (Å²) in [6, 6.07) is 10.8. The van der Waals surface area contributed by atoms with E-state index in [0.29, 0.717) is 0 Å². The first-order valence-electron chi connectivity index (χ1n) is 9.25. The van der Waals surface area contributed by atoms with E-state index in [1.807, 2.05) is 0 Å². The molecule has 0 aromatic heterocycles. The minimum Gasteiger partial charge on any atom is -0.374 e. The SMILES string of the molecule is CC1(C)CC(N2CCCCC2)=CC=[N+]1CCCc1ccccc1. The maximum Gasteiger partial charge on any atom is 0.165 e. The third kappa shape index (κ3) is 4.25. The van der Waals surface area contributed by atoms with E-state index in [9.17, 15) is 0 Å². The molecule has 2 aliphatic rings. The molecule has 0 spiro atoms. The van der Waals surface area contributed by atoms with E-state index in [4.69, 9.17) is 0 Å². The maximum absolute atomic E-state index is 2.61. The Morgan fingerprint density at radius 2 is 1.78 bits per heavy atom. The standard InChI is InChI=1S/C21H31N2/c1-21(2)18-20(22-14-7-4-8-15-22)13-17-23(21)16-9-12-19-10-5-3-6-11-19/h3,5-6,10-11,13,17H,4,7-9,12,14-16,18H2,1-2H3/q+1. The van der Waals surface area contributed by atoms with Crippen LogP contribution >= 0.6 is 0 Å². The Morgan fingerprint density at radius 1 is 1.04 bits per heavy atom. The van der Waals surface area contributed by atoms with E-state index in [0.717, 1.165) is 6.54 Å². The van der Waals surface area contributed by atoms with Gasteiger partial charge in [0.2, 0.25) is 0 Å². The van der Waals surface area contributed by atoms with Gasteiger partial charge in [-0.2, -0.15) is 0 Å². The van der Waals surface area contributed by atoms with Crippen molar-refractivity contribution in [3.63, 3.8) is 0 Å². The Hall–Kier alpha value is -1.57. The summed E-state index contributed by atoms with van der Waals surface area (Å²) in [5.41, 5.74) is 3.24. The molecule has 0 N–H and O–H groups in total. The van der Waals surface area contributed by atoms with Crippen molar-refractivity contribution in [2.75, 3.05) is 19.6 Å². The normalized spacial score (nSPS) is 20.9. The first-order valence-corrected chi connectivity index (χ1v) is 9.25. The van der Waals surface area contributed by atoms with E-state index in [2.05, 4.69) is 65.9 Å². The maximum atomic E-state index is 2.61.